The Balaban J connectivity index is 2.54. The van der Waals surface area contributed by atoms with Crippen LogP contribution in [0.3, 0.4) is 0 Å². The lowest BCUT2D eigenvalue weighted by atomic mass is 9.86. The minimum absolute atomic E-state index is 0.0266. The largest absolute Gasteiger partial charge is 0.369 e. The van der Waals surface area contributed by atoms with Crippen LogP contribution in [0.1, 0.15) is 20.3 Å². The van der Waals surface area contributed by atoms with E-state index in [0.29, 0.717) is 5.92 Å². The van der Waals surface area contributed by atoms with E-state index in [-0.39, 0.29) is 17.9 Å². The van der Waals surface area contributed by atoms with Gasteiger partial charge in [0.1, 0.15) is 0 Å². The molecular formula is C8H16N2O. The highest BCUT2D eigenvalue weighted by molar-refractivity contribution is 5.77. The fourth-order valence-electron chi connectivity index (χ4n) is 1.61. The van der Waals surface area contributed by atoms with Crippen molar-refractivity contribution in [2.45, 2.75) is 26.3 Å². The number of nitrogens with two attached hydrogens (primary N) is 1. The SMILES string of the molecule is CC1CNC(C)C(C(N)=O)C1. The molecule has 0 radical (unpaired) electrons. The van der Waals surface area contributed by atoms with Gasteiger partial charge < -0.3 is 11.1 Å². The van der Waals surface area contributed by atoms with Crippen molar-refractivity contribution in [3.8, 4) is 0 Å². The average Bonchev–Trinajstić information content (AvgIpc) is 1.94. The first-order chi connectivity index (χ1) is 5.11. The van der Waals surface area contributed by atoms with Crippen LogP contribution in [0.25, 0.3) is 0 Å². The number of nitrogens with one attached hydrogen (secondary N) is 1. The summed E-state index contributed by atoms with van der Waals surface area (Å²) in [7, 11) is 0. The highest BCUT2D eigenvalue weighted by atomic mass is 16.1. The van der Waals surface area contributed by atoms with Crippen molar-refractivity contribution in [3.63, 3.8) is 0 Å². The lowest BCUT2D eigenvalue weighted by molar-refractivity contribution is -0.123. The van der Waals surface area contributed by atoms with Gasteiger partial charge in [-0.15, -0.1) is 0 Å². The molecule has 0 spiro atoms. The van der Waals surface area contributed by atoms with E-state index in [1.54, 1.807) is 0 Å². The summed E-state index contributed by atoms with van der Waals surface area (Å²) in [5.74, 6) is 0.430. The second-order valence-electron chi connectivity index (χ2n) is 3.55. The molecule has 11 heavy (non-hydrogen) atoms. The summed E-state index contributed by atoms with van der Waals surface area (Å²) in [6.07, 6.45) is 0.934. The number of primary amides is 1. The zero-order valence-corrected chi connectivity index (χ0v) is 7.13. The second-order valence-corrected chi connectivity index (χ2v) is 3.55. The molecule has 1 aliphatic rings. The van der Waals surface area contributed by atoms with E-state index in [1.807, 2.05) is 6.92 Å². The van der Waals surface area contributed by atoms with E-state index < -0.39 is 0 Å². The van der Waals surface area contributed by atoms with Crippen molar-refractivity contribution in [2.75, 3.05) is 6.54 Å². The number of piperidine rings is 1. The third-order valence-electron chi connectivity index (χ3n) is 2.41. The Hall–Kier alpha value is -0.570. The van der Waals surface area contributed by atoms with Gasteiger partial charge in [0.2, 0.25) is 5.91 Å². The molecule has 1 rings (SSSR count). The predicted octanol–water partition coefficient (Wildman–Crippen LogP) is 0.106. The molecule has 3 N–H and O–H groups in total. The molecule has 3 atom stereocenters. The maximum absolute atomic E-state index is 10.9. The van der Waals surface area contributed by atoms with Crippen LogP contribution < -0.4 is 11.1 Å². The zero-order valence-electron chi connectivity index (χ0n) is 7.13. The number of carbonyl (C=O) groups is 1. The van der Waals surface area contributed by atoms with Gasteiger partial charge in [0, 0.05) is 6.04 Å². The average molecular weight is 156 g/mol. The zero-order chi connectivity index (χ0) is 8.43. The van der Waals surface area contributed by atoms with Crippen molar-refractivity contribution in [2.24, 2.45) is 17.6 Å². The predicted molar refractivity (Wildman–Crippen MR) is 43.9 cm³/mol. The monoisotopic (exact) mass is 156 g/mol. The van der Waals surface area contributed by atoms with Crippen molar-refractivity contribution in [3.05, 3.63) is 0 Å². The fourth-order valence-corrected chi connectivity index (χ4v) is 1.61. The Labute approximate surface area is 67.3 Å². The summed E-state index contributed by atoms with van der Waals surface area (Å²) in [5.41, 5.74) is 5.24. The van der Waals surface area contributed by atoms with Crippen LogP contribution >= 0.6 is 0 Å². The van der Waals surface area contributed by atoms with Crippen LogP contribution in [0.4, 0.5) is 0 Å². The number of amides is 1. The molecule has 3 unspecified atom stereocenters. The molecule has 1 heterocycles. The normalized spacial score (nSPS) is 38.5. The smallest absolute Gasteiger partial charge is 0.222 e. The van der Waals surface area contributed by atoms with Crippen LogP contribution in [0, 0.1) is 11.8 Å². The molecule has 0 saturated carbocycles. The third-order valence-corrected chi connectivity index (χ3v) is 2.41. The standard InChI is InChI=1S/C8H16N2O/c1-5-3-7(8(9)11)6(2)10-4-5/h5-7,10H,3-4H2,1-2H3,(H2,9,11). The fraction of sp³-hybridized carbons (Fsp3) is 0.875. The molecule has 0 aliphatic carbocycles. The summed E-state index contributed by atoms with van der Waals surface area (Å²) in [6.45, 7) is 5.15. The third kappa shape index (κ3) is 1.93. The Morgan fingerprint density at radius 3 is 2.64 bits per heavy atom. The maximum atomic E-state index is 10.9. The number of carbonyl (C=O) groups excluding carboxylic acids is 1. The van der Waals surface area contributed by atoms with Gasteiger partial charge in [0.15, 0.2) is 0 Å². The molecule has 1 amide bonds. The van der Waals surface area contributed by atoms with E-state index in [4.69, 9.17) is 5.73 Å². The molecule has 1 saturated heterocycles. The molecule has 0 aromatic rings. The van der Waals surface area contributed by atoms with Crippen LogP contribution in [0.2, 0.25) is 0 Å². The molecule has 0 bridgehead atoms. The summed E-state index contributed by atoms with van der Waals surface area (Å²) in [5, 5.41) is 3.26. The van der Waals surface area contributed by atoms with Gasteiger partial charge in [-0.1, -0.05) is 6.92 Å². The first kappa shape index (κ1) is 8.53. The Bertz CT molecular complexity index is 158. The molecule has 64 valence electrons. The second kappa shape index (κ2) is 3.22. The van der Waals surface area contributed by atoms with Crippen molar-refractivity contribution >= 4 is 5.91 Å². The minimum Gasteiger partial charge on any atom is -0.369 e. The molecule has 3 nitrogen and oxygen atoms in total. The topological polar surface area (TPSA) is 55.1 Å². The first-order valence-electron chi connectivity index (χ1n) is 4.14. The van der Waals surface area contributed by atoms with Gasteiger partial charge in [0.05, 0.1) is 5.92 Å². The Kier molecular flexibility index (Phi) is 2.49. The van der Waals surface area contributed by atoms with Crippen molar-refractivity contribution in [1.82, 2.24) is 5.32 Å². The van der Waals surface area contributed by atoms with Gasteiger partial charge >= 0.3 is 0 Å². The summed E-state index contributed by atoms with van der Waals surface area (Å²) >= 11 is 0. The van der Waals surface area contributed by atoms with E-state index in [1.165, 1.54) is 0 Å². The van der Waals surface area contributed by atoms with Crippen LogP contribution in [-0.2, 0) is 4.79 Å². The maximum Gasteiger partial charge on any atom is 0.222 e. The van der Waals surface area contributed by atoms with Gasteiger partial charge in [0.25, 0.3) is 0 Å². The van der Waals surface area contributed by atoms with E-state index in [2.05, 4.69) is 12.2 Å². The number of rotatable bonds is 1. The molecule has 1 fully saturated rings. The molecule has 1 aliphatic heterocycles. The van der Waals surface area contributed by atoms with Gasteiger partial charge in [-0.2, -0.15) is 0 Å². The summed E-state index contributed by atoms with van der Waals surface area (Å²) in [6, 6.07) is 0.253. The Morgan fingerprint density at radius 2 is 2.18 bits per heavy atom. The van der Waals surface area contributed by atoms with Gasteiger partial charge in [-0.25, -0.2) is 0 Å². The lowest BCUT2D eigenvalue weighted by Crippen LogP contribution is -2.47. The Morgan fingerprint density at radius 1 is 1.55 bits per heavy atom. The van der Waals surface area contributed by atoms with Crippen LogP contribution in [-0.4, -0.2) is 18.5 Å². The first-order valence-corrected chi connectivity index (χ1v) is 4.14. The van der Waals surface area contributed by atoms with Crippen LogP contribution in [0.15, 0.2) is 0 Å². The number of hydrogen-bond acceptors (Lipinski definition) is 2. The van der Waals surface area contributed by atoms with E-state index >= 15 is 0 Å². The van der Waals surface area contributed by atoms with Gasteiger partial charge in [-0.05, 0) is 25.8 Å². The van der Waals surface area contributed by atoms with Crippen LogP contribution in [0.5, 0.6) is 0 Å². The van der Waals surface area contributed by atoms with E-state index in [0.717, 1.165) is 13.0 Å². The molecule has 0 aromatic carbocycles. The molecular weight excluding hydrogens is 140 g/mol. The highest BCUT2D eigenvalue weighted by Crippen LogP contribution is 2.19. The summed E-state index contributed by atoms with van der Waals surface area (Å²) < 4.78 is 0. The lowest BCUT2D eigenvalue weighted by Gasteiger charge is -2.31. The van der Waals surface area contributed by atoms with E-state index in [9.17, 15) is 4.79 Å². The quantitative estimate of drug-likeness (QED) is 0.566. The minimum atomic E-state index is -0.170. The molecule has 3 heteroatoms. The highest BCUT2D eigenvalue weighted by Gasteiger charge is 2.28. The summed E-state index contributed by atoms with van der Waals surface area (Å²) in [4.78, 5) is 10.9. The van der Waals surface area contributed by atoms with Crippen molar-refractivity contribution < 1.29 is 4.79 Å². The van der Waals surface area contributed by atoms with Gasteiger partial charge in [-0.3, -0.25) is 4.79 Å². The van der Waals surface area contributed by atoms with Crippen molar-refractivity contribution in [1.29, 1.82) is 0 Å². The molecule has 0 aromatic heterocycles. The number of hydrogen-bond donors (Lipinski definition) is 2.